The van der Waals surface area contributed by atoms with Crippen LogP contribution < -0.4 is 5.73 Å². The molecule has 0 spiro atoms. The van der Waals surface area contributed by atoms with Crippen LogP contribution in [0.1, 0.15) is 25.8 Å². The number of nitrogens with zero attached hydrogens (tertiary/aromatic N) is 1. The minimum atomic E-state index is 0.688. The van der Waals surface area contributed by atoms with E-state index >= 15 is 0 Å². The van der Waals surface area contributed by atoms with E-state index in [4.69, 9.17) is 11.0 Å². The molecule has 2 N–H and O–H groups in total. The molecule has 2 heteroatoms. The number of hydrogen-bond acceptors (Lipinski definition) is 2. The molecule has 18 heavy (non-hydrogen) atoms. The van der Waals surface area contributed by atoms with Crippen molar-refractivity contribution in [1.29, 1.82) is 5.26 Å². The highest BCUT2D eigenvalue weighted by molar-refractivity contribution is 5.80. The van der Waals surface area contributed by atoms with Gasteiger partial charge in [0.2, 0.25) is 0 Å². The third kappa shape index (κ3) is 3.11. The highest BCUT2D eigenvalue weighted by Gasteiger charge is 2.05. The summed E-state index contributed by atoms with van der Waals surface area (Å²) in [7, 11) is 0. The van der Waals surface area contributed by atoms with Crippen LogP contribution in [0.3, 0.4) is 0 Å². The lowest BCUT2D eigenvalue weighted by molar-refractivity contribution is 1.12. The Hall–Kier alpha value is -2.27. The zero-order valence-corrected chi connectivity index (χ0v) is 10.9. The van der Waals surface area contributed by atoms with Crippen molar-refractivity contribution in [2.75, 3.05) is 5.73 Å². The second kappa shape index (κ2) is 6.46. The molecular formula is C16H18N2. The average Bonchev–Trinajstić information content (AvgIpc) is 2.39. The number of anilines is 1. The van der Waals surface area contributed by atoms with Crippen molar-refractivity contribution in [3.63, 3.8) is 0 Å². The molecule has 0 radical (unpaired) electrons. The molecule has 0 aliphatic carbocycles. The van der Waals surface area contributed by atoms with Crippen molar-refractivity contribution in [2.24, 2.45) is 0 Å². The summed E-state index contributed by atoms with van der Waals surface area (Å²) in [6.07, 6.45) is 4.54. The van der Waals surface area contributed by atoms with Crippen LogP contribution >= 0.6 is 0 Å². The lowest BCUT2D eigenvalue weighted by Crippen LogP contribution is -1.93. The Kier molecular flexibility index (Phi) is 4.95. The SMILES string of the molecule is C=C(/C=C(CC)\C(C#N)=C/C)c1ccccc1N. The van der Waals surface area contributed by atoms with Gasteiger partial charge in [0.1, 0.15) is 0 Å². The first-order valence-electron chi connectivity index (χ1n) is 5.95. The van der Waals surface area contributed by atoms with E-state index in [0.29, 0.717) is 11.3 Å². The summed E-state index contributed by atoms with van der Waals surface area (Å²) < 4.78 is 0. The average molecular weight is 238 g/mol. The fraction of sp³-hybridized carbons (Fsp3) is 0.188. The Morgan fingerprint density at radius 3 is 2.61 bits per heavy atom. The molecule has 0 unspecified atom stereocenters. The summed E-state index contributed by atoms with van der Waals surface area (Å²) in [6.45, 7) is 7.92. The highest BCUT2D eigenvalue weighted by Crippen LogP contribution is 2.24. The third-order valence-electron chi connectivity index (χ3n) is 2.79. The predicted octanol–water partition coefficient (Wildman–Crippen LogP) is 4.09. The van der Waals surface area contributed by atoms with E-state index in [1.54, 1.807) is 0 Å². The van der Waals surface area contributed by atoms with Crippen LogP contribution in [0.25, 0.3) is 5.57 Å². The van der Waals surface area contributed by atoms with Gasteiger partial charge in [-0.25, -0.2) is 0 Å². The van der Waals surface area contributed by atoms with Crippen LogP contribution in [0.4, 0.5) is 5.69 Å². The van der Waals surface area contributed by atoms with Gasteiger partial charge in [0.05, 0.1) is 11.6 Å². The van der Waals surface area contributed by atoms with Crippen molar-refractivity contribution in [2.45, 2.75) is 20.3 Å². The maximum Gasteiger partial charge on any atom is 0.0991 e. The summed E-state index contributed by atoms with van der Waals surface area (Å²) >= 11 is 0. The van der Waals surface area contributed by atoms with Gasteiger partial charge in [-0.15, -0.1) is 0 Å². The van der Waals surface area contributed by atoms with Crippen LogP contribution in [-0.2, 0) is 0 Å². The number of nitriles is 1. The molecule has 1 rings (SSSR count). The molecule has 0 aliphatic heterocycles. The molecule has 0 amide bonds. The predicted molar refractivity (Wildman–Crippen MR) is 77.6 cm³/mol. The molecule has 1 aromatic rings. The molecule has 0 aromatic heterocycles. The van der Waals surface area contributed by atoms with E-state index in [9.17, 15) is 0 Å². The minimum Gasteiger partial charge on any atom is -0.398 e. The standard InChI is InChI=1S/C16H18N2/c1-4-13(14(5-2)11-17)10-12(3)15-8-6-7-9-16(15)18/h5-10H,3-4,18H2,1-2H3/b13-10-,14-5-. The first kappa shape index (κ1) is 13.8. The Morgan fingerprint density at radius 1 is 1.44 bits per heavy atom. The first-order valence-corrected chi connectivity index (χ1v) is 5.95. The van der Waals surface area contributed by atoms with Gasteiger partial charge in [-0.05, 0) is 30.6 Å². The molecular weight excluding hydrogens is 220 g/mol. The van der Waals surface area contributed by atoms with Crippen LogP contribution in [-0.4, -0.2) is 0 Å². The number of nitrogens with two attached hydrogens (primary N) is 1. The van der Waals surface area contributed by atoms with E-state index < -0.39 is 0 Å². The molecule has 92 valence electrons. The molecule has 0 heterocycles. The van der Waals surface area contributed by atoms with Crippen molar-refractivity contribution < 1.29 is 0 Å². The van der Waals surface area contributed by atoms with Gasteiger partial charge in [0.25, 0.3) is 0 Å². The normalized spacial score (nSPS) is 12.1. The molecule has 0 atom stereocenters. The van der Waals surface area contributed by atoms with Crippen LogP contribution in [0.5, 0.6) is 0 Å². The molecule has 0 saturated carbocycles. The van der Waals surface area contributed by atoms with Crippen molar-refractivity contribution in [1.82, 2.24) is 0 Å². The number of allylic oxidation sites excluding steroid dienone is 5. The zero-order valence-electron chi connectivity index (χ0n) is 10.9. The van der Waals surface area contributed by atoms with Crippen molar-refractivity contribution >= 4 is 11.3 Å². The third-order valence-corrected chi connectivity index (χ3v) is 2.79. The number of hydrogen-bond donors (Lipinski definition) is 1. The van der Waals surface area contributed by atoms with Gasteiger partial charge >= 0.3 is 0 Å². The first-order chi connectivity index (χ1) is 8.63. The largest absolute Gasteiger partial charge is 0.398 e. The van der Waals surface area contributed by atoms with E-state index in [1.165, 1.54) is 0 Å². The number of para-hydroxylation sites is 1. The topological polar surface area (TPSA) is 49.8 Å². The number of rotatable bonds is 4. The smallest absolute Gasteiger partial charge is 0.0991 e. The maximum atomic E-state index is 9.05. The molecule has 0 aliphatic rings. The molecule has 0 fully saturated rings. The second-order valence-corrected chi connectivity index (χ2v) is 3.95. The minimum absolute atomic E-state index is 0.688. The van der Waals surface area contributed by atoms with Gasteiger partial charge in [-0.3, -0.25) is 0 Å². The lowest BCUT2D eigenvalue weighted by atomic mass is 9.98. The zero-order chi connectivity index (χ0) is 13.5. The summed E-state index contributed by atoms with van der Waals surface area (Å²) in [4.78, 5) is 0. The van der Waals surface area contributed by atoms with E-state index in [-0.39, 0.29) is 0 Å². The van der Waals surface area contributed by atoms with Gasteiger partial charge in [0, 0.05) is 11.3 Å². The molecule has 0 saturated heterocycles. The molecule has 1 aromatic carbocycles. The molecule has 2 nitrogen and oxygen atoms in total. The number of benzene rings is 1. The fourth-order valence-corrected chi connectivity index (χ4v) is 1.77. The maximum absolute atomic E-state index is 9.05. The van der Waals surface area contributed by atoms with Gasteiger partial charge in [0.15, 0.2) is 0 Å². The second-order valence-electron chi connectivity index (χ2n) is 3.95. The lowest BCUT2D eigenvalue weighted by Gasteiger charge is -2.08. The van der Waals surface area contributed by atoms with Gasteiger partial charge < -0.3 is 5.73 Å². The quantitative estimate of drug-likeness (QED) is 0.488. The van der Waals surface area contributed by atoms with Crippen molar-refractivity contribution in [3.05, 3.63) is 59.7 Å². The monoisotopic (exact) mass is 238 g/mol. The fourth-order valence-electron chi connectivity index (χ4n) is 1.77. The van der Waals surface area contributed by atoms with E-state index in [2.05, 4.69) is 12.6 Å². The van der Waals surface area contributed by atoms with Gasteiger partial charge in [-0.1, -0.05) is 43.9 Å². The van der Waals surface area contributed by atoms with Crippen LogP contribution in [0, 0.1) is 11.3 Å². The summed E-state index contributed by atoms with van der Waals surface area (Å²) in [5.74, 6) is 0. The summed E-state index contributed by atoms with van der Waals surface area (Å²) in [5, 5.41) is 9.05. The van der Waals surface area contributed by atoms with Gasteiger partial charge in [-0.2, -0.15) is 5.26 Å². The summed E-state index contributed by atoms with van der Waals surface area (Å²) in [6, 6.07) is 9.80. The Morgan fingerprint density at radius 2 is 2.11 bits per heavy atom. The van der Waals surface area contributed by atoms with E-state index in [0.717, 1.165) is 23.1 Å². The Labute approximate surface area is 109 Å². The van der Waals surface area contributed by atoms with Crippen LogP contribution in [0.2, 0.25) is 0 Å². The Bertz CT molecular complexity index is 542. The summed E-state index contributed by atoms with van der Waals surface area (Å²) in [5.41, 5.74) is 10.0. The van der Waals surface area contributed by atoms with Crippen molar-refractivity contribution in [3.8, 4) is 6.07 Å². The Balaban J connectivity index is 3.13. The van der Waals surface area contributed by atoms with E-state index in [1.807, 2.05) is 50.3 Å². The molecule has 0 bridgehead atoms. The highest BCUT2D eigenvalue weighted by atomic mass is 14.6. The van der Waals surface area contributed by atoms with Crippen LogP contribution in [0.15, 0.2) is 54.1 Å². The number of nitrogen functional groups attached to an aromatic ring is 1.